The highest BCUT2D eigenvalue weighted by atomic mass is 32.2. The van der Waals surface area contributed by atoms with E-state index in [2.05, 4.69) is 22.2 Å². The first-order chi connectivity index (χ1) is 9.20. The summed E-state index contributed by atoms with van der Waals surface area (Å²) in [6.07, 6.45) is 3.63. The van der Waals surface area contributed by atoms with Crippen molar-refractivity contribution in [1.82, 2.24) is 15.3 Å². The van der Waals surface area contributed by atoms with E-state index in [4.69, 9.17) is 0 Å². The van der Waals surface area contributed by atoms with Crippen molar-refractivity contribution >= 4 is 38.4 Å². The molecule has 2 aromatic heterocycles. The average Bonchev–Trinajstić information content (AvgIpc) is 2.83. The number of carbonyl (C=O) groups is 1. The lowest BCUT2D eigenvalue weighted by molar-refractivity contribution is -0.118. The van der Waals surface area contributed by atoms with Gasteiger partial charge in [0.25, 0.3) is 0 Å². The summed E-state index contributed by atoms with van der Waals surface area (Å²) in [6.45, 7) is 2.69. The lowest BCUT2D eigenvalue weighted by Gasteiger charge is -2.02. The number of carbonyl (C=O) groups excluding carboxylic acids is 1. The molecule has 0 bridgehead atoms. The molecule has 19 heavy (non-hydrogen) atoms. The van der Waals surface area contributed by atoms with E-state index >= 15 is 0 Å². The standard InChI is InChI=1S/C12H15N3O2S2/c1-2-3-6-13-10(16)8-19(17)12-15-9-5-4-7-14-11(9)18-12/h4-5,7H,2-3,6,8H2,1H3,(H,13,16). The Labute approximate surface area is 117 Å². The lowest BCUT2D eigenvalue weighted by atomic mass is 10.3. The minimum absolute atomic E-state index is 0.0382. The summed E-state index contributed by atoms with van der Waals surface area (Å²) in [5, 5.41) is 2.75. The maximum atomic E-state index is 12.0. The van der Waals surface area contributed by atoms with Crippen molar-refractivity contribution in [2.45, 2.75) is 24.1 Å². The Balaban J connectivity index is 1.97. The van der Waals surface area contributed by atoms with E-state index in [0.717, 1.165) is 23.2 Å². The second kappa shape index (κ2) is 6.72. The quantitative estimate of drug-likeness (QED) is 0.824. The Hall–Kier alpha value is -1.34. The Morgan fingerprint density at radius 1 is 1.53 bits per heavy atom. The summed E-state index contributed by atoms with van der Waals surface area (Å²) in [7, 11) is -1.40. The van der Waals surface area contributed by atoms with Crippen molar-refractivity contribution in [3.05, 3.63) is 18.3 Å². The molecule has 0 spiro atoms. The first-order valence-corrected chi connectivity index (χ1v) is 8.21. The normalized spacial score (nSPS) is 12.5. The molecule has 0 aliphatic carbocycles. The molecule has 1 amide bonds. The van der Waals surface area contributed by atoms with E-state index in [9.17, 15) is 9.00 Å². The predicted octanol–water partition coefficient (Wildman–Crippen LogP) is 1.72. The minimum Gasteiger partial charge on any atom is -0.355 e. The Bertz CT molecular complexity index is 564. The summed E-state index contributed by atoms with van der Waals surface area (Å²) in [6, 6.07) is 3.60. The SMILES string of the molecule is CCCCNC(=O)CS(=O)c1nc2cccnc2s1. The van der Waals surface area contributed by atoms with Gasteiger partial charge in [-0.05, 0) is 18.6 Å². The molecule has 7 heteroatoms. The number of hydrogen-bond acceptors (Lipinski definition) is 5. The first kappa shape index (κ1) is 14.1. The van der Waals surface area contributed by atoms with E-state index in [-0.39, 0.29) is 11.7 Å². The van der Waals surface area contributed by atoms with Crippen LogP contribution in [-0.2, 0) is 15.6 Å². The van der Waals surface area contributed by atoms with Crippen LogP contribution in [0.25, 0.3) is 10.3 Å². The van der Waals surface area contributed by atoms with Gasteiger partial charge in [-0.25, -0.2) is 9.97 Å². The zero-order chi connectivity index (χ0) is 13.7. The third kappa shape index (κ3) is 3.81. The van der Waals surface area contributed by atoms with Crippen LogP contribution in [0.1, 0.15) is 19.8 Å². The second-order valence-corrected chi connectivity index (χ2v) is 6.60. The molecular formula is C12H15N3O2S2. The van der Waals surface area contributed by atoms with Gasteiger partial charge in [0, 0.05) is 12.7 Å². The maximum absolute atomic E-state index is 12.0. The fourth-order valence-electron chi connectivity index (χ4n) is 1.48. The summed E-state index contributed by atoms with van der Waals surface area (Å²) in [4.78, 5) is 20.7. The zero-order valence-electron chi connectivity index (χ0n) is 10.6. The number of thiazole rings is 1. The van der Waals surface area contributed by atoms with Crippen LogP contribution in [0.2, 0.25) is 0 Å². The molecule has 0 radical (unpaired) electrons. The molecule has 0 fully saturated rings. The van der Waals surface area contributed by atoms with Crippen LogP contribution >= 0.6 is 11.3 Å². The third-order valence-electron chi connectivity index (χ3n) is 2.46. The first-order valence-electron chi connectivity index (χ1n) is 6.07. The second-order valence-electron chi connectivity index (χ2n) is 4.00. The van der Waals surface area contributed by atoms with Crippen molar-refractivity contribution in [1.29, 1.82) is 0 Å². The van der Waals surface area contributed by atoms with Crippen LogP contribution in [0, 0.1) is 0 Å². The molecule has 2 heterocycles. The number of amides is 1. The van der Waals surface area contributed by atoms with Crippen molar-refractivity contribution in [2.24, 2.45) is 0 Å². The van der Waals surface area contributed by atoms with Crippen LogP contribution < -0.4 is 5.32 Å². The predicted molar refractivity (Wildman–Crippen MR) is 76.6 cm³/mol. The Kier molecular flexibility index (Phi) is 4.98. The van der Waals surface area contributed by atoms with Gasteiger partial charge in [-0.2, -0.15) is 0 Å². The smallest absolute Gasteiger partial charge is 0.233 e. The Morgan fingerprint density at radius 3 is 3.11 bits per heavy atom. The molecule has 102 valence electrons. The number of nitrogens with one attached hydrogen (secondary N) is 1. The number of pyridine rings is 1. The lowest BCUT2D eigenvalue weighted by Crippen LogP contribution is -2.29. The summed E-state index contributed by atoms with van der Waals surface area (Å²) in [5.74, 6) is -0.234. The molecule has 0 saturated heterocycles. The monoisotopic (exact) mass is 297 g/mol. The van der Waals surface area contributed by atoms with Crippen molar-refractivity contribution < 1.29 is 9.00 Å². The van der Waals surface area contributed by atoms with Crippen LogP contribution in [-0.4, -0.2) is 32.4 Å². The molecule has 0 saturated carbocycles. The molecule has 1 N–H and O–H groups in total. The largest absolute Gasteiger partial charge is 0.355 e. The highest BCUT2D eigenvalue weighted by Gasteiger charge is 2.14. The highest BCUT2D eigenvalue weighted by molar-refractivity contribution is 7.88. The number of rotatable bonds is 6. The van der Waals surface area contributed by atoms with Gasteiger partial charge >= 0.3 is 0 Å². The molecule has 0 aliphatic rings. The topological polar surface area (TPSA) is 72.0 Å². The number of unbranched alkanes of at least 4 members (excludes halogenated alkanes) is 1. The van der Waals surface area contributed by atoms with Crippen LogP contribution in [0.5, 0.6) is 0 Å². The van der Waals surface area contributed by atoms with Gasteiger partial charge in [0.05, 0.1) is 10.8 Å². The number of nitrogens with zero attached hydrogens (tertiary/aromatic N) is 2. The summed E-state index contributed by atoms with van der Waals surface area (Å²) < 4.78 is 12.5. The van der Waals surface area contributed by atoms with Gasteiger partial charge in [0.1, 0.15) is 16.1 Å². The van der Waals surface area contributed by atoms with E-state index in [1.165, 1.54) is 11.3 Å². The highest BCUT2D eigenvalue weighted by Crippen LogP contribution is 2.21. The summed E-state index contributed by atoms with van der Waals surface area (Å²) in [5.41, 5.74) is 0.724. The molecular weight excluding hydrogens is 282 g/mol. The average molecular weight is 297 g/mol. The van der Waals surface area contributed by atoms with Crippen LogP contribution in [0.4, 0.5) is 0 Å². The van der Waals surface area contributed by atoms with Crippen molar-refractivity contribution in [3.8, 4) is 0 Å². The molecule has 1 atom stereocenters. The van der Waals surface area contributed by atoms with Gasteiger partial charge in [0.2, 0.25) is 5.91 Å². The number of fused-ring (bicyclic) bond motifs is 1. The molecule has 2 rings (SSSR count). The fraction of sp³-hybridized carbons (Fsp3) is 0.417. The van der Waals surface area contributed by atoms with Gasteiger partial charge < -0.3 is 5.32 Å². The number of hydrogen-bond donors (Lipinski definition) is 1. The van der Waals surface area contributed by atoms with Crippen molar-refractivity contribution in [2.75, 3.05) is 12.3 Å². The van der Waals surface area contributed by atoms with Gasteiger partial charge in [0.15, 0.2) is 4.34 Å². The molecule has 2 aromatic rings. The summed E-state index contributed by atoms with van der Waals surface area (Å²) >= 11 is 1.27. The van der Waals surface area contributed by atoms with E-state index in [1.807, 2.05) is 6.07 Å². The molecule has 0 aliphatic heterocycles. The van der Waals surface area contributed by atoms with E-state index < -0.39 is 10.8 Å². The Morgan fingerprint density at radius 2 is 2.37 bits per heavy atom. The fourth-order valence-corrected chi connectivity index (χ4v) is 3.57. The van der Waals surface area contributed by atoms with Gasteiger partial charge in [-0.3, -0.25) is 9.00 Å². The van der Waals surface area contributed by atoms with Crippen LogP contribution in [0.15, 0.2) is 22.7 Å². The maximum Gasteiger partial charge on any atom is 0.233 e. The van der Waals surface area contributed by atoms with Crippen molar-refractivity contribution in [3.63, 3.8) is 0 Å². The molecule has 0 aromatic carbocycles. The van der Waals surface area contributed by atoms with E-state index in [0.29, 0.717) is 10.9 Å². The molecule has 5 nitrogen and oxygen atoms in total. The number of aromatic nitrogens is 2. The van der Waals surface area contributed by atoms with E-state index in [1.54, 1.807) is 12.3 Å². The minimum atomic E-state index is -1.40. The van der Waals surface area contributed by atoms with Crippen LogP contribution in [0.3, 0.4) is 0 Å². The van der Waals surface area contributed by atoms with Gasteiger partial charge in [-0.1, -0.05) is 24.7 Å². The zero-order valence-corrected chi connectivity index (χ0v) is 12.2. The third-order valence-corrected chi connectivity index (χ3v) is 5.04. The molecule has 1 unspecified atom stereocenters. The van der Waals surface area contributed by atoms with Gasteiger partial charge in [-0.15, -0.1) is 0 Å².